The summed E-state index contributed by atoms with van der Waals surface area (Å²) in [7, 11) is 2.86. The van der Waals surface area contributed by atoms with Gasteiger partial charge in [0.25, 0.3) is 0 Å². The van der Waals surface area contributed by atoms with E-state index in [2.05, 4.69) is 0 Å². The highest BCUT2D eigenvalue weighted by molar-refractivity contribution is 6.31. The lowest BCUT2D eigenvalue weighted by atomic mass is 10.1. The summed E-state index contributed by atoms with van der Waals surface area (Å²) in [6, 6.07) is 5.16. The highest BCUT2D eigenvalue weighted by atomic mass is 35.5. The number of hydrogen-bond acceptors (Lipinski definition) is 3. The predicted molar refractivity (Wildman–Crippen MR) is 60.1 cm³/mol. The van der Waals surface area contributed by atoms with Crippen LogP contribution in [0.1, 0.15) is 5.56 Å². The minimum Gasteiger partial charge on any atom is -0.496 e. The van der Waals surface area contributed by atoms with E-state index in [1.807, 2.05) is 0 Å². The van der Waals surface area contributed by atoms with Crippen LogP contribution >= 0.6 is 11.6 Å². The van der Waals surface area contributed by atoms with Crippen molar-refractivity contribution in [1.82, 2.24) is 0 Å². The number of benzene rings is 1. The van der Waals surface area contributed by atoms with Crippen molar-refractivity contribution in [1.29, 1.82) is 0 Å². The van der Waals surface area contributed by atoms with Crippen LogP contribution in [0, 0.1) is 0 Å². The van der Waals surface area contributed by atoms with E-state index < -0.39 is 12.1 Å². The zero-order valence-corrected chi connectivity index (χ0v) is 9.82. The number of carbonyl (C=O) groups is 1. The topological polar surface area (TPSA) is 55.8 Å². The van der Waals surface area contributed by atoms with E-state index in [9.17, 15) is 4.79 Å². The van der Waals surface area contributed by atoms with Gasteiger partial charge < -0.3 is 14.6 Å². The first kappa shape index (κ1) is 12.8. The van der Waals surface area contributed by atoms with Crippen LogP contribution in [0.3, 0.4) is 0 Å². The molecule has 1 N–H and O–H groups in total. The van der Waals surface area contributed by atoms with Crippen LogP contribution < -0.4 is 4.74 Å². The number of halogens is 1. The van der Waals surface area contributed by atoms with Gasteiger partial charge >= 0.3 is 5.97 Å². The van der Waals surface area contributed by atoms with Crippen LogP contribution in [0.25, 0.3) is 0 Å². The third-order valence-corrected chi connectivity index (χ3v) is 2.60. The van der Waals surface area contributed by atoms with Crippen molar-refractivity contribution in [2.24, 2.45) is 0 Å². The lowest BCUT2D eigenvalue weighted by molar-refractivity contribution is -0.148. The van der Waals surface area contributed by atoms with Gasteiger partial charge in [-0.3, -0.25) is 0 Å². The molecule has 0 saturated carbocycles. The molecule has 1 aromatic rings. The standard InChI is InChI=1S/C11H13ClO4/c1-15-9-5-3-4-8(12)7(9)6-10(16-2)11(13)14/h3-5,10H,6H2,1-2H3,(H,13,14). The summed E-state index contributed by atoms with van der Waals surface area (Å²) in [4.78, 5) is 10.8. The normalized spacial score (nSPS) is 12.2. The van der Waals surface area contributed by atoms with Crippen LogP contribution in [0.4, 0.5) is 0 Å². The minimum atomic E-state index is -1.02. The van der Waals surface area contributed by atoms with E-state index in [4.69, 9.17) is 26.2 Å². The van der Waals surface area contributed by atoms with E-state index in [1.54, 1.807) is 18.2 Å². The molecule has 0 fully saturated rings. The fourth-order valence-corrected chi connectivity index (χ4v) is 1.63. The van der Waals surface area contributed by atoms with Crippen LogP contribution in [0.5, 0.6) is 5.75 Å². The summed E-state index contributed by atoms with van der Waals surface area (Å²) >= 11 is 5.99. The molecule has 1 aromatic carbocycles. The van der Waals surface area contributed by atoms with Gasteiger partial charge in [-0.2, -0.15) is 0 Å². The van der Waals surface area contributed by atoms with Crippen molar-refractivity contribution in [2.75, 3.05) is 14.2 Å². The van der Waals surface area contributed by atoms with Crippen molar-refractivity contribution in [2.45, 2.75) is 12.5 Å². The molecule has 0 aliphatic heterocycles. The first-order chi connectivity index (χ1) is 7.60. The fraction of sp³-hybridized carbons (Fsp3) is 0.364. The number of rotatable bonds is 5. The van der Waals surface area contributed by atoms with Gasteiger partial charge in [0.1, 0.15) is 5.75 Å². The molecule has 0 spiro atoms. The molecular weight excluding hydrogens is 232 g/mol. The quantitative estimate of drug-likeness (QED) is 0.861. The van der Waals surface area contributed by atoms with E-state index in [0.29, 0.717) is 16.3 Å². The Balaban J connectivity index is 2.98. The average molecular weight is 245 g/mol. The second-order valence-electron chi connectivity index (χ2n) is 3.19. The molecule has 0 bridgehead atoms. The molecule has 0 heterocycles. The van der Waals surface area contributed by atoms with Crippen molar-refractivity contribution >= 4 is 17.6 Å². The second kappa shape index (κ2) is 5.72. The Morgan fingerprint density at radius 2 is 2.19 bits per heavy atom. The molecule has 0 aliphatic carbocycles. The Morgan fingerprint density at radius 3 is 2.69 bits per heavy atom. The van der Waals surface area contributed by atoms with Crippen LogP contribution in [-0.4, -0.2) is 31.4 Å². The summed E-state index contributed by atoms with van der Waals surface area (Å²) in [6.45, 7) is 0. The molecule has 4 nitrogen and oxygen atoms in total. The summed E-state index contributed by atoms with van der Waals surface area (Å²) in [6.07, 6.45) is -0.747. The Morgan fingerprint density at radius 1 is 1.50 bits per heavy atom. The Kier molecular flexibility index (Phi) is 4.58. The molecule has 0 aromatic heterocycles. The number of hydrogen-bond donors (Lipinski definition) is 1. The lowest BCUT2D eigenvalue weighted by Crippen LogP contribution is -2.25. The van der Waals surface area contributed by atoms with Gasteiger partial charge in [-0.1, -0.05) is 17.7 Å². The maximum atomic E-state index is 10.8. The number of carboxylic acid groups (broad SMARTS) is 1. The van der Waals surface area contributed by atoms with E-state index in [0.717, 1.165) is 0 Å². The second-order valence-corrected chi connectivity index (χ2v) is 3.59. The largest absolute Gasteiger partial charge is 0.496 e. The smallest absolute Gasteiger partial charge is 0.333 e. The fourth-order valence-electron chi connectivity index (χ4n) is 1.39. The molecule has 0 aliphatic rings. The van der Waals surface area contributed by atoms with E-state index >= 15 is 0 Å². The number of methoxy groups -OCH3 is 2. The third kappa shape index (κ3) is 2.87. The van der Waals surface area contributed by atoms with Gasteiger partial charge in [0.2, 0.25) is 0 Å². The Labute approximate surface area is 98.7 Å². The number of aliphatic carboxylic acids is 1. The summed E-state index contributed by atoms with van der Waals surface area (Å²) in [5.74, 6) is -0.458. The van der Waals surface area contributed by atoms with Gasteiger partial charge in [-0.25, -0.2) is 4.79 Å². The third-order valence-electron chi connectivity index (χ3n) is 2.25. The van der Waals surface area contributed by atoms with E-state index in [1.165, 1.54) is 14.2 Å². The van der Waals surface area contributed by atoms with Gasteiger partial charge in [-0.05, 0) is 12.1 Å². The number of carboxylic acids is 1. The molecule has 1 atom stereocenters. The highest BCUT2D eigenvalue weighted by Gasteiger charge is 2.20. The minimum absolute atomic E-state index is 0.175. The molecule has 5 heteroatoms. The molecule has 0 saturated heterocycles. The monoisotopic (exact) mass is 244 g/mol. The summed E-state index contributed by atoms with van der Waals surface area (Å²) < 4.78 is 9.97. The molecule has 1 rings (SSSR count). The Hall–Kier alpha value is -1.26. The van der Waals surface area contributed by atoms with Crippen molar-refractivity contribution < 1.29 is 19.4 Å². The summed E-state index contributed by atoms with van der Waals surface area (Å²) in [5, 5.41) is 9.35. The predicted octanol–water partition coefficient (Wildman–Crippen LogP) is 1.99. The zero-order valence-electron chi connectivity index (χ0n) is 9.07. The molecule has 0 radical (unpaired) electrons. The molecule has 88 valence electrons. The lowest BCUT2D eigenvalue weighted by Gasteiger charge is -2.14. The molecular formula is C11H13ClO4. The molecule has 0 amide bonds. The van der Waals surface area contributed by atoms with Crippen molar-refractivity contribution in [3.63, 3.8) is 0 Å². The maximum Gasteiger partial charge on any atom is 0.333 e. The number of ether oxygens (including phenoxy) is 2. The molecule has 16 heavy (non-hydrogen) atoms. The SMILES string of the molecule is COc1cccc(Cl)c1CC(OC)C(=O)O. The van der Waals surface area contributed by atoms with Gasteiger partial charge in [0, 0.05) is 24.1 Å². The highest BCUT2D eigenvalue weighted by Crippen LogP contribution is 2.27. The summed E-state index contributed by atoms with van der Waals surface area (Å²) in [5.41, 5.74) is 0.640. The van der Waals surface area contributed by atoms with Crippen LogP contribution in [-0.2, 0) is 16.0 Å². The Bertz CT molecular complexity index is 378. The zero-order chi connectivity index (χ0) is 12.1. The van der Waals surface area contributed by atoms with Gasteiger partial charge in [0.15, 0.2) is 6.10 Å². The van der Waals surface area contributed by atoms with Gasteiger partial charge in [-0.15, -0.1) is 0 Å². The van der Waals surface area contributed by atoms with Gasteiger partial charge in [0.05, 0.1) is 7.11 Å². The van der Waals surface area contributed by atoms with Crippen LogP contribution in [0.2, 0.25) is 5.02 Å². The van der Waals surface area contributed by atoms with E-state index in [-0.39, 0.29) is 6.42 Å². The average Bonchev–Trinajstić information content (AvgIpc) is 2.26. The van der Waals surface area contributed by atoms with Crippen molar-refractivity contribution in [3.8, 4) is 5.75 Å². The van der Waals surface area contributed by atoms with Crippen molar-refractivity contribution in [3.05, 3.63) is 28.8 Å². The van der Waals surface area contributed by atoms with Crippen LogP contribution in [0.15, 0.2) is 18.2 Å². The molecule has 1 unspecified atom stereocenters. The maximum absolute atomic E-state index is 10.8. The first-order valence-corrected chi connectivity index (χ1v) is 5.05. The first-order valence-electron chi connectivity index (χ1n) is 4.67.